The van der Waals surface area contributed by atoms with Gasteiger partial charge in [0, 0.05) is 18.1 Å². The molecule has 1 heterocycles. The normalized spacial score (nSPS) is 19.0. The number of hydrogen-bond acceptors (Lipinski definition) is 3. The smallest absolute Gasteiger partial charge is 0.435 e. The second-order valence-electron chi connectivity index (χ2n) is 5.73. The molecule has 1 atom stereocenters. The Morgan fingerprint density at radius 1 is 1.33 bits per heavy atom. The summed E-state index contributed by atoms with van der Waals surface area (Å²) in [6.45, 7) is 5.12. The van der Waals surface area contributed by atoms with Crippen molar-refractivity contribution in [3.8, 4) is 0 Å². The van der Waals surface area contributed by atoms with Crippen molar-refractivity contribution in [2.45, 2.75) is 38.8 Å². The Balaban J connectivity index is 2.29. The molecule has 0 N–H and O–H groups in total. The molecule has 1 aliphatic heterocycles. The van der Waals surface area contributed by atoms with E-state index < -0.39 is 35.2 Å². The van der Waals surface area contributed by atoms with Gasteiger partial charge in [-0.25, -0.2) is 18.0 Å². The third-order valence-corrected chi connectivity index (χ3v) is 2.86. The molecule has 21 heavy (non-hydrogen) atoms. The Kier molecular flexibility index (Phi) is 4.13. The lowest BCUT2D eigenvalue weighted by molar-refractivity contribution is -0.125. The fraction of sp³-hybridized carbons (Fsp3) is 0.500. The number of hydroxylamine groups is 2. The molecule has 1 saturated heterocycles. The van der Waals surface area contributed by atoms with Crippen LogP contribution in [-0.2, 0) is 9.57 Å². The van der Waals surface area contributed by atoms with Crippen LogP contribution in [0.15, 0.2) is 12.1 Å². The maximum absolute atomic E-state index is 13.8. The first-order valence-corrected chi connectivity index (χ1v) is 6.48. The lowest BCUT2D eigenvalue weighted by Gasteiger charge is -2.27. The maximum Gasteiger partial charge on any atom is 0.435 e. The van der Waals surface area contributed by atoms with Gasteiger partial charge in [-0.2, -0.15) is 5.06 Å². The van der Waals surface area contributed by atoms with Crippen LogP contribution in [0.25, 0.3) is 0 Å². The van der Waals surface area contributed by atoms with Gasteiger partial charge in [0.1, 0.15) is 11.4 Å². The summed E-state index contributed by atoms with van der Waals surface area (Å²) in [5, 5.41) is 0.822. The Bertz CT molecular complexity index is 557. The van der Waals surface area contributed by atoms with Gasteiger partial charge in [0.2, 0.25) is 0 Å². The number of ether oxygens (including phenoxy) is 1. The van der Waals surface area contributed by atoms with Gasteiger partial charge in [0.25, 0.3) is 0 Å². The second kappa shape index (κ2) is 5.55. The zero-order valence-electron chi connectivity index (χ0n) is 12.0. The molecule has 0 saturated carbocycles. The Morgan fingerprint density at radius 2 is 2.00 bits per heavy atom. The molecule has 0 radical (unpaired) electrons. The highest BCUT2D eigenvalue weighted by Crippen LogP contribution is 2.34. The first-order chi connectivity index (χ1) is 9.69. The molecular formula is C14H16F3NO3. The summed E-state index contributed by atoms with van der Waals surface area (Å²) < 4.78 is 45.5. The van der Waals surface area contributed by atoms with Gasteiger partial charge in [-0.3, -0.25) is 4.84 Å². The van der Waals surface area contributed by atoms with Gasteiger partial charge >= 0.3 is 6.09 Å². The molecule has 0 bridgehead atoms. The van der Waals surface area contributed by atoms with E-state index in [0.717, 1.165) is 11.1 Å². The fourth-order valence-corrected chi connectivity index (χ4v) is 2.06. The minimum absolute atomic E-state index is 0.126. The topological polar surface area (TPSA) is 38.8 Å². The van der Waals surface area contributed by atoms with E-state index in [1.165, 1.54) is 0 Å². The summed E-state index contributed by atoms with van der Waals surface area (Å²) in [7, 11) is 0. The van der Waals surface area contributed by atoms with Crippen LogP contribution in [0.1, 0.15) is 38.8 Å². The van der Waals surface area contributed by atoms with Crippen molar-refractivity contribution < 1.29 is 27.5 Å². The van der Waals surface area contributed by atoms with Crippen LogP contribution in [0, 0.1) is 17.5 Å². The highest BCUT2D eigenvalue weighted by atomic mass is 19.2. The summed E-state index contributed by atoms with van der Waals surface area (Å²) in [5.41, 5.74) is -1.03. The van der Waals surface area contributed by atoms with Crippen LogP contribution in [-0.4, -0.2) is 23.4 Å². The summed E-state index contributed by atoms with van der Waals surface area (Å²) in [6, 6.07) is 0.381. The van der Waals surface area contributed by atoms with Crippen molar-refractivity contribution in [3.05, 3.63) is 35.1 Å². The van der Waals surface area contributed by atoms with E-state index in [1.54, 1.807) is 20.8 Å². The second-order valence-corrected chi connectivity index (χ2v) is 5.73. The van der Waals surface area contributed by atoms with Crippen molar-refractivity contribution in [3.63, 3.8) is 0 Å². The van der Waals surface area contributed by atoms with Crippen LogP contribution in [0.5, 0.6) is 0 Å². The minimum Gasteiger partial charge on any atom is -0.442 e. The molecule has 7 heteroatoms. The van der Waals surface area contributed by atoms with Crippen molar-refractivity contribution in [2.24, 2.45) is 0 Å². The number of halogens is 3. The highest BCUT2D eigenvalue weighted by Gasteiger charge is 2.37. The number of benzene rings is 1. The molecule has 1 aromatic rings. The van der Waals surface area contributed by atoms with Gasteiger partial charge in [-0.15, -0.1) is 0 Å². The first-order valence-electron chi connectivity index (χ1n) is 6.48. The standard InChI is InChI=1S/C14H16F3NO3/c1-14(2,3)21-13(19)18-11(4-5-20-18)9-6-8(15)7-10(16)12(9)17/h6-7,11H,4-5H2,1-3H3. The Labute approximate surface area is 120 Å². The number of carbonyl (C=O) groups is 1. The van der Waals surface area contributed by atoms with Crippen LogP contribution in [0.2, 0.25) is 0 Å². The quantitative estimate of drug-likeness (QED) is 0.742. The first kappa shape index (κ1) is 15.6. The van der Waals surface area contributed by atoms with Gasteiger partial charge < -0.3 is 4.74 Å². The van der Waals surface area contributed by atoms with Gasteiger partial charge in [0.05, 0.1) is 12.6 Å². The van der Waals surface area contributed by atoms with E-state index in [-0.39, 0.29) is 18.6 Å². The maximum atomic E-state index is 13.8. The zero-order chi connectivity index (χ0) is 15.8. The molecule has 1 unspecified atom stereocenters. The minimum atomic E-state index is -1.30. The molecule has 0 aromatic heterocycles. The lowest BCUT2D eigenvalue weighted by atomic mass is 10.0. The van der Waals surface area contributed by atoms with E-state index in [2.05, 4.69) is 0 Å². The zero-order valence-corrected chi connectivity index (χ0v) is 12.0. The van der Waals surface area contributed by atoms with Crippen LogP contribution in [0.3, 0.4) is 0 Å². The van der Waals surface area contributed by atoms with Crippen molar-refractivity contribution in [2.75, 3.05) is 6.61 Å². The molecule has 1 aromatic carbocycles. The van der Waals surface area contributed by atoms with E-state index in [1.807, 2.05) is 0 Å². The number of amides is 1. The fourth-order valence-electron chi connectivity index (χ4n) is 2.06. The van der Waals surface area contributed by atoms with E-state index in [9.17, 15) is 18.0 Å². The van der Waals surface area contributed by atoms with E-state index in [0.29, 0.717) is 6.07 Å². The van der Waals surface area contributed by atoms with E-state index in [4.69, 9.17) is 9.57 Å². The molecule has 0 spiro atoms. The number of nitrogens with zero attached hydrogens (tertiary/aromatic N) is 1. The summed E-state index contributed by atoms with van der Waals surface area (Å²) >= 11 is 0. The highest BCUT2D eigenvalue weighted by molar-refractivity contribution is 5.67. The monoisotopic (exact) mass is 303 g/mol. The molecule has 1 amide bonds. The predicted molar refractivity (Wildman–Crippen MR) is 67.7 cm³/mol. The Hall–Kier alpha value is -1.76. The van der Waals surface area contributed by atoms with Gasteiger partial charge in [-0.1, -0.05) is 0 Å². The summed E-state index contributed by atoms with van der Waals surface area (Å²) in [5.74, 6) is -3.42. The predicted octanol–water partition coefficient (Wildman–Crippen LogP) is 3.72. The third-order valence-electron chi connectivity index (χ3n) is 2.86. The number of carbonyl (C=O) groups excluding carboxylic acids is 1. The van der Waals surface area contributed by atoms with Gasteiger partial charge in [-0.05, 0) is 26.8 Å². The van der Waals surface area contributed by atoms with Crippen molar-refractivity contribution in [1.29, 1.82) is 0 Å². The lowest BCUT2D eigenvalue weighted by Crippen LogP contribution is -2.36. The molecule has 2 rings (SSSR count). The molecule has 1 aliphatic rings. The largest absolute Gasteiger partial charge is 0.442 e. The van der Waals surface area contributed by atoms with E-state index >= 15 is 0 Å². The van der Waals surface area contributed by atoms with Crippen LogP contribution >= 0.6 is 0 Å². The van der Waals surface area contributed by atoms with Crippen molar-refractivity contribution >= 4 is 6.09 Å². The molecule has 0 aliphatic carbocycles. The average Bonchev–Trinajstić information content (AvgIpc) is 2.80. The van der Waals surface area contributed by atoms with Crippen LogP contribution < -0.4 is 0 Å². The van der Waals surface area contributed by atoms with Gasteiger partial charge in [0.15, 0.2) is 11.6 Å². The summed E-state index contributed by atoms with van der Waals surface area (Å²) in [4.78, 5) is 17.1. The third kappa shape index (κ3) is 3.47. The summed E-state index contributed by atoms with van der Waals surface area (Å²) in [6.07, 6.45) is -0.604. The average molecular weight is 303 g/mol. The molecule has 116 valence electrons. The SMILES string of the molecule is CC(C)(C)OC(=O)N1OCCC1c1cc(F)cc(F)c1F. The van der Waals surface area contributed by atoms with Crippen LogP contribution in [0.4, 0.5) is 18.0 Å². The molecular weight excluding hydrogens is 287 g/mol. The molecule has 4 nitrogen and oxygen atoms in total. The molecule has 1 fully saturated rings. The van der Waals surface area contributed by atoms with Crippen molar-refractivity contribution in [1.82, 2.24) is 5.06 Å². The number of hydrogen-bond donors (Lipinski definition) is 0. The number of rotatable bonds is 1. The Morgan fingerprint density at radius 3 is 2.62 bits per heavy atom.